The predicted octanol–water partition coefficient (Wildman–Crippen LogP) is 0.907. The fraction of sp³-hybridized carbons (Fsp3) is 0.571. The minimum atomic E-state index is -3.69. The van der Waals surface area contributed by atoms with E-state index in [9.17, 15) is 17.2 Å². The zero-order valence-corrected chi connectivity index (χ0v) is 10.4. The van der Waals surface area contributed by atoms with E-state index < -0.39 is 38.0 Å². The van der Waals surface area contributed by atoms with Gasteiger partial charge in [0.15, 0.2) is 9.84 Å². The summed E-state index contributed by atoms with van der Waals surface area (Å²) < 4.78 is 47.2. The zero-order chi connectivity index (χ0) is 13.2. The lowest BCUT2D eigenvalue weighted by molar-refractivity contribution is 0.457. The molecule has 0 radical (unpaired) electrons. The van der Waals surface area contributed by atoms with Crippen molar-refractivity contribution in [3.05, 3.63) is 12.2 Å². The second kappa shape index (κ2) is 5.05. The van der Waals surface area contributed by atoms with Crippen LogP contribution in [0.15, 0.2) is 0 Å². The minimum absolute atomic E-state index is 0.511. The summed E-state index contributed by atoms with van der Waals surface area (Å²) in [6.07, 6.45) is -2.69. The topological polar surface area (TPSA) is 84.8 Å². The number of anilines is 1. The molecule has 0 spiro atoms. The Morgan fingerprint density at radius 3 is 2.06 bits per heavy atom. The van der Waals surface area contributed by atoms with Crippen LogP contribution < -0.4 is 5.32 Å². The first-order valence-corrected chi connectivity index (χ1v) is 6.48. The van der Waals surface area contributed by atoms with Crippen LogP contribution in [0.25, 0.3) is 0 Å². The smallest absolute Gasteiger partial charge is 0.315 e. The Balaban J connectivity index is 2.92. The van der Waals surface area contributed by atoms with Gasteiger partial charge in [-0.2, -0.15) is 23.7 Å². The molecule has 0 aliphatic heterocycles. The van der Waals surface area contributed by atoms with Crippen molar-refractivity contribution in [1.82, 2.24) is 15.0 Å². The lowest BCUT2D eigenvalue weighted by Gasteiger charge is -2.15. The molecule has 1 heterocycles. The van der Waals surface area contributed by atoms with E-state index in [4.69, 9.17) is 11.6 Å². The third kappa shape index (κ3) is 3.43. The summed E-state index contributed by atoms with van der Waals surface area (Å²) in [4.78, 5) is 8.87. The summed E-state index contributed by atoms with van der Waals surface area (Å²) in [5.41, 5.74) is 0. The Kier molecular flexibility index (Phi) is 4.15. The van der Waals surface area contributed by atoms with Crippen molar-refractivity contribution in [1.29, 1.82) is 0 Å². The maximum absolute atomic E-state index is 12.6. The molecule has 1 rings (SSSR count). The molecule has 1 aromatic rings. The first-order valence-electron chi connectivity index (χ1n) is 4.44. The highest BCUT2D eigenvalue weighted by molar-refractivity contribution is 7.93. The van der Waals surface area contributed by atoms with Crippen LogP contribution in [0, 0.1) is 12.2 Å². The van der Waals surface area contributed by atoms with Crippen LogP contribution in [0.5, 0.6) is 0 Å². The van der Waals surface area contributed by atoms with Gasteiger partial charge in [0, 0.05) is 0 Å². The number of rotatable bonds is 4. The summed E-state index contributed by atoms with van der Waals surface area (Å²) in [5, 5.41) is 1.05. The summed E-state index contributed by atoms with van der Waals surface area (Å²) in [6.45, 7) is 2.53. The van der Waals surface area contributed by atoms with Crippen molar-refractivity contribution >= 4 is 27.4 Å². The van der Waals surface area contributed by atoms with Gasteiger partial charge < -0.3 is 5.32 Å². The number of hydrogen-bond donors (Lipinski definition) is 1. The molecule has 1 aromatic heterocycles. The van der Waals surface area contributed by atoms with Gasteiger partial charge in [-0.05, 0) is 13.8 Å². The summed E-state index contributed by atoms with van der Waals surface area (Å²) >= 11 is 5.46. The van der Waals surface area contributed by atoms with Gasteiger partial charge in [-0.3, -0.25) is 0 Å². The fourth-order valence-electron chi connectivity index (χ4n) is 0.936. The van der Waals surface area contributed by atoms with Crippen LogP contribution in [0.4, 0.5) is 14.7 Å². The summed E-state index contributed by atoms with van der Waals surface area (Å²) in [7, 11) is -3.69. The standard InChI is InChI=1S/C7H9ClF2N4O2S/c1-3(8)17(15,16)4(2)11-7-13-5(9)12-6(10)14-7/h3-4H,1-2H3,(H,11,12,13,14). The zero-order valence-electron chi connectivity index (χ0n) is 8.85. The molecule has 96 valence electrons. The van der Waals surface area contributed by atoms with Crippen LogP contribution in [-0.2, 0) is 9.84 Å². The van der Waals surface area contributed by atoms with Crippen LogP contribution >= 0.6 is 11.6 Å². The average Bonchev–Trinajstić information content (AvgIpc) is 2.15. The highest BCUT2D eigenvalue weighted by Crippen LogP contribution is 2.14. The van der Waals surface area contributed by atoms with E-state index in [2.05, 4.69) is 20.3 Å². The van der Waals surface area contributed by atoms with E-state index in [1.807, 2.05) is 0 Å². The molecule has 6 nitrogen and oxygen atoms in total. The van der Waals surface area contributed by atoms with E-state index in [-0.39, 0.29) is 0 Å². The molecule has 0 aliphatic rings. The molecule has 0 aromatic carbocycles. The maximum Gasteiger partial charge on any atom is 0.315 e. The van der Waals surface area contributed by atoms with Crippen LogP contribution in [0.1, 0.15) is 13.8 Å². The largest absolute Gasteiger partial charge is 0.338 e. The van der Waals surface area contributed by atoms with Gasteiger partial charge in [-0.15, -0.1) is 11.6 Å². The fourth-order valence-corrected chi connectivity index (χ4v) is 2.23. The van der Waals surface area contributed by atoms with Crippen molar-refractivity contribution in [3.8, 4) is 0 Å². The summed E-state index contributed by atoms with van der Waals surface area (Å²) in [5.74, 6) is -0.511. The van der Waals surface area contributed by atoms with Crippen LogP contribution in [-0.4, -0.2) is 33.5 Å². The summed E-state index contributed by atoms with van der Waals surface area (Å²) in [6, 6.07) is 0. The monoisotopic (exact) mass is 286 g/mol. The predicted molar refractivity (Wildman–Crippen MR) is 57.1 cm³/mol. The normalized spacial score (nSPS) is 15.4. The number of alkyl halides is 1. The lowest BCUT2D eigenvalue weighted by Crippen LogP contribution is -2.32. The molecular formula is C7H9ClF2N4O2S. The van der Waals surface area contributed by atoms with E-state index in [0.29, 0.717) is 0 Å². The molecule has 17 heavy (non-hydrogen) atoms. The second-order valence-electron chi connectivity index (χ2n) is 3.12. The Hall–Kier alpha value is -1.09. The number of hydrogen-bond acceptors (Lipinski definition) is 6. The van der Waals surface area contributed by atoms with Crippen molar-refractivity contribution in [2.45, 2.75) is 23.9 Å². The van der Waals surface area contributed by atoms with Crippen molar-refractivity contribution < 1.29 is 17.2 Å². The Labute approximate surface area is 101 Å². The molecule has 2 atom stereocenters. The minimum Gasteiger partial charge on any atom is -0.338 e. The van der Waals surface area contributed by atoms with E-state index in [0.717, 1.165) is 0 Å². The lowest BCUT2D eigenvalue weighted by atomic mass is 10.7. The Morgan fingerprint density at radius 1 is 1.18 bits per heavy atom. The second-order valence-corrected chi connectivity index (χ2v) is 6.62. The maximum atomic E-state index is 12.6. The van der Waals surface area contributed by atoms with Crippen molar-refractivity contribution in [2.24, 2.45) is 0 Å². The number of halogens is 3. The molecule has 0 bridgehead atoms. The van der Waals surface area contributed by atoms with Gasteiger partial charge in [-0.25, -0.2) is 8.42 Å². The van der Waals surface area contributed by atoms with E-state index >= 15 is 0 Å². The molecule has 0 amide bonds. The number of nitrogens with zero attached hydrogens (tertiary/aromatic N) is 3. The number of nitrogens with one attached hydrogen (secondary N) is 1. The van der Waals surface area contributed by atoms with E-state index in [1.165, 1.54) is 13.8 Å². The first-order chi connectivity index (χ1) is 7.73. The molecule has 10 heteroatoms. The molecular weight excluding hydrogens is 278 g/mol. The molecule has 0 saturated heterocycles. The number of sulfone groups is 1. The van der Waals surface area contributed by atoms with Crippen LogP contribution in [0.2, 0.25) is 0 Å². The third-order valence-electron chi connectivity index (χ3n) is 1.86. The Morgan fingerprint density at radius 2 is 1.65 bits per heavy atom. The highest BCUT2D eigenvalue weighted by atomic mass is 35.5. The number of aromatic nitrogens is 3. The van der Waals surface area contributed by atoms with Crippen molar-refractivity contribution in [3.63, 3.8) is 0 Å². The average molecular weight is 287 g/mol. The molecule has 0 saturated carbocycles. The molecule has 0 aliphatic carbocycles. The van der Waals surface area contributed by atoms with Gasteiger partial charge >= 0.3 is 12.2 Å². The quantitative estimate of drug-likeness (QED) is 0.828. The van der Waals surface area contributed by atoms with E-state index in [1.54, 1.807) is 0 Å². The van der Waals surface area contributed by atoms with Gasteiger partial charge in [-0.1, -0.05) is 0 Å². The highest BCUT2D eigenvalue weighted by Gasteiger charge is 2.27. The molecule has 0 fully saturated rings. The van der Waals surface area contributed by atoms with Gasteiger partial charge in [0.2, 0.25) is 5.95 Å². The van der Waals surface area contributed by atoms with Gasteiger partial charge in [0.25, 0.3) is 0 Å². The third-order valence-corrected chi connectivity index (χ3v) is 4.61. The molecule has 1 N–H and O–H groups in total. The van der Waals surface area contributed by atoms with Gasteiger partial charge in [0.05, 0.1) is 0 Å². The van der Waals surface area contributed by atoms with Gasteiger partial charge in [0.1, 0.15) is 10.1 Å². The molecule has 2 unspecified atom stereocenters. The Bertz CT molecular complexity index is 490. The van der Waals surface area contributed by atoms with Crippen molar-refractivity contribution in [2.75, 3.05) is 5.32 Å². The SMILES string of the molecule is CC(Cl)S(=O)(=O)C(C)Nc1nc(F)nc(F)n1. The van der Waals surface area contributed by atoms with Crippen LogP contribution in [0.3, 0.4) is 0 Å². The first kappa shape index (κ1) is 14.0.